The van der Waals surface area contributed by atoms with Crippen molar-refractivity contribution in [2.24, 2.45) is 5.41 Å². The predicted octanol–water partition coefficient (Wildman–Crippen LogP) is 1.93. The van der Waals surface area contributed by atoms with E-state index in [9.17, 15) is 14.7 Å². The van der Waals surface area contributed by atoms with Gasteiger partial charge in [0.1, 0.15) is 11.8 Å². The smallest absolute Gasteiger partial charge is 0.326 e. The number of nitrogens with one attached hydrogen (secondary N) is 1. The molecule has 0 saturated heterocycles. The molecule has 0 aliphatic carbocycles. The van der Waals surface area contributed by atoms with E-state index >= 15 is 0 Å². The van der Waals surface area contributed by atoms with Gasteiger partial charge in [0.25, 0.3) is 5.91 Å². The van der Waals surface area contributed by atoms with Crippen molar-refractivity contribution < 1.29 is 19.8 Å². The molecule has 5 heteroatoms. The summed E-state index contributed by atoms with van der Waals surface area (Å²) in [6.45, 7) is 6.96. The van der Waals surface area contributed by atoms with Gasteiger partial charge in [-0.05, 0) is 24.5 Å². The summed E-state index contributed by atoms with van der Waals surface area (Å²) in [5.74, 6) is -1.86. The van der Waals surface area contributed by atoms with E-state index in [0.29, 0.717) is 0 Å². The van der Waals surface area contributed by atoms with Gasteiger partial charge in [-0.1, -0.05) is 32.4 Å². The third-order valence-corrected chi connectivity index (χ3v) is 2.79. The van der Waals surface area contributed by atoms with Gasteiger partial charge in [-0.25, -0.2) is 4.79 Å². The second-order valence-corrected chi connectivity index (χ2v) is 5.63. The minimum Gasteiger partial charge on any atom is -0.507 e. The molecule has 5 nitrogen and oxygen atoms in total. The van der Waals surface area contributed by atoms with Crippen molar-refractivity contribution in [3.8, 4) is 5.75 Å². The number of aryl methyl sites for hydroxylation is 1. The molecule has 0 bridgehead atoms. The number of hydrogen-bond donors (Lipinski definition) is 3. The fourth-order valence-electron chi connectivity index (χ4n) is 1.69. The number of carboxylic acid groups (broad SMARTS) is 1. The van der Waals surface area contributed by atoms with Crippen molar-refractivity contribution in [3.63, 3.8) is 0 Å². The summed E-state index contributed by atoms with van der Waals surface area (Å²) in [5, 5.41) is 21.2. The number of amides is 1. The number of carbonyl (C=O) groups is 2. The Morgan fingerprint density at radius 2 is 1.84 bits per heavy atom. The fourth-order valence-corrected chi connectivity index (χ4v) is 1.69. The molecule has 19 heavy (non-hydrogen) atoms. The van der Waals surface area contributed by atoms with Crippen LogP contribution in [0.4, 0.5) is 0 Å². The fraction of sp³-hybridized carbons (Fsp3) is 0.429. The summed E-state index contributed by atoms with van der Waals surface area (Å²) in [4.78, 5) is 23.2. The van der Waals surface area contributed by atoms with Crippen LogP contribution >= 0.6 is 0 Å². The maximum atomic E-state index is 12.0. The highest BCUT2D eigenvalue weighted by Gasteiger charge is 2.33. The molecule has 0 unspecified atom stereocenters. The van der Waals surface area contributed by atoms with Gasteiger partial charge in [0.15, 0.2) is 0 Å². The first kappa shape index (κ1) is 15.0. The largest absolute Gasteiger partial charge is 0.507 e. The summed E-state index contributed by atoms with van der Waals surface area (Å²) in [7, 11) is 0. The highest BCUT2D eigenvalue weighted by atomic mass is 16.4. The number of aromatic hydroxyl groups is 1. The van der Waals surface area contributed by atoms with Crippen LogP contribution in [0.2, 0.25) is 0 Å². The number of benzene rings is 1. The molecule has 0 heterocycles. The molecule has 0 aromatic heterocycles. The Labute approximate surface area is 112 Å². The lowest BCUT2D eigenvalue weighted by atomic mass is 9.86. The van der Waals surface area contributed by atoms with Crippen LogP contribution in [0.5, 0.6) is 5.75 Å². The first-order valence-corrected chi connectivity index (χ1v) is 5.96. The van der Waals surface area contributed by atoms with Crippen LogP contribution in [0, 0.1) is 12.3 Å². The standard InChI is InChI=1S/C14H19NO4/c1-8-5-6-10(16)9(7-8)12(17)15-11(13(18)19)14(2,3)4/h5-7,11,16H,1-4H3,(H,15,17)(H,18,19)/t11-/m0/s1. The number of phenols is 1. The first-order valence-electron chi connectivity index (χ1n) is 5.96. The quantitative estimate of drug-likeness (QED) is 0.779. The average molecular weight is 265 g/mol. The van der Waals surface area contributed by atoms with E-state index in [4.69, 9.17) is 5.11 Å². The van der Waals surface area contributed by atoms with Crippen molar-refractivity contribution in [3.05, 3.63) is 29.3 Å². The molecule has 1 atom stereocenters. The molecule has 0 aliphatic heterocycles. The monoisotopic (exact) mass is 265 g/mol. The zero-order valence-electron chi connectivity index (χ0n) is 11.5. The normalized spacial score (nSPS) is 12.8. The number of aliphatic carboxylic acids is 1. The van der Waals surface area contributed by atoms with Gasteiger partial charge in [0.2, 0.25) is 0 Å². The second kappa shape index (κ2) is 5.30. The molecule has 3 N–H and O–H groups in total. The average Bonchev–Trinajstić information content (AvgIpc) is 2.26. The van der Waals surface area contributed by atoms with Crippen LogP contribution in [-0.2, 0) is 4.79 Å². The van der Waals surface area contributed by atoms with Gasteiger partial charge < -0.3 is 15.5 Å². The van der Waals surface area contributed by atoms with E-state index in [1.165, 1.54) is 12.1 Å². The van der Waals surface area contributed by atoms with Crippen LogP contribution in [0.25, 0.3) is 0 Å². The van der Waals surface area contributed by atoms with Crippen LogP contribution in [0.15, 0.2) is 18.2 Å². The third kappa shape index (κ3) is 3.71. The van der Waals surface area contributed by atoms with Crippen molar-refractivity contribution in [1.29, 1.82) is 0 Å². The Hall–Kier alpha value is -2.04. The SMILES string of the molecule is Cc1ccc(O)c(C(=O)N[C@@H](C(=O)O)C(C)(C)C)c1. The zero-order chi connectivity index (χ0) is 14.8. The molecule has 0 fully saturated rings. The lowest BCUT2D eigenvalue weighted by Gasteiger charge is -2.27. The predicted molar refractivity (Wildman–Crippen MR) is 71.2 cm³/mol. The van der Waals surface area contributed by atoms with E-state index < -0.39 is 23.3 Å². The summed E-state index contributed by atoms with van der Waals surface area (Å²) in [5.41, 5.74) is 0.266. The van der Waals surface area contributed by atoms with Crippen LogP contribution in [0.1, 0.15) is 36.7 Å². The maximum absolute atomic E-state index is 12.0. The minimum absolute atomic E-state index is 0.0792. The van der Waals surface area contributed by atoms with E-state index in [1.807, 2.05) is 0 Å². The Balaban J connectivity index is 3.01. The van der Waals surface area contributed by atoms with Crippen molar-refractivity contribution >= 4 is 11.9 Å². The summed E-state index contributed by atoms with van der Waals surface area (Å²) in [6, 6.07) is 3.58. The minimum atomic E-state index is -1.10. The van der Waals surface area contributed by atoms with Gasteiger partial charge in [0.05, 0.1) is 5.56 Å². The van der Waals surface area contributed by atoms with E-state index in [1.54, 1.807) is 33.8 Å². The molecular weight excluding hydrogens is 246 g/mol. The van der Waals surface area contributed by atoms with E-state index in [2.05, 4.69) is 5.32 Å². The molecule has 0 saturated carbocycles. The summed E-state index contributed by atoms with van der Waals surface area (Å²) < 4.78 is 0. The third-order valence-electron chi connectivity index (χ3n) is 2.79. The molecule has 104 valence electrons. The second-order valence-electron chi connectivity index (χ2n) is 5.63. The molecule has 1 aromatic carbocycles. The number of rotatable bonds is 3. The van der Waals surface area contributed by atoms with Gasteiger partial charge in [-0.15, -0.1) is 0 Å². The number of phenolic OH excluding ortho intramolecular Hbond substituents is 1. The highest BCUT2D eigenvalue weighted by Crippen LogP contribution is 2.22. The van der Waals surface area contributed by atoms with Gasteiger partial charge in [-0.3, -0.25) is 4.79 Å². The molecule has 1 rings (SSSR count). The Morgan fingerprint density at radius 3 is 2.32 bits per heavy atom. The van der Waals surface area contributed by atoms with Crippen LogP contribution in [0.3, 0.4) is 0 Å². The summed E-state index contributed by atoms with van der Waals surface area (Å²) >= 11 is 0. The van der Waals surface area contributed by atoms with Gasteiger partial charge in [0, 0.05) is 0 Å². The molecule has 1 amide bonds. The van der Waals surface area contributed by atoms with Crippen LogP contribution < -0.4 is 5.32 Å². The lowest BCUT2D eigenvalue weighted by Crippen LogP contribution is -2.49. The van der Waals surface area contributed by atoms with Crippen molar-refractivity contribution in [2.75, 3.05) is 0 Å². The maximum Gasteiger partial charge on any atom is 0.326 e. The Bertz CT molecular complexity index is 503. The number of hydrogen-bond acceptors (Lipinski definition) is 3. The van der Waals surface area contributed by atoms with Crippen molar-refractivity contribution in [2.45, 2.75) is 33.7 Å². The molecule has 0 radical (unpaired) electrons. The number of carboxylic acids is 1. The molecule has 0 aliphatic rings. The first-order chi connectivity index (χ1) is 8.62. The van der Waals surface area contributed by atoms with Crippen LogP contribution in [-0.4, -0.2) is 28.1 Å². The zero-order valence-corrected chi connectivity index (χ0v) is 11.5. The van der Waals surface area contributed by atoms with Gasteiger partial charge >= 0.3 is 5.97 Å². The molecular formula is C14H19NO4. The van der Waals surface area contributed by atoms with E-state index in [-0.39, 0.29) is 11.3 Å². The molecule has 0 spiro atoms. The summed E-state index contributed by atoms with van der Waals surface area (Å²) in [6.07, 6.45) is 0. The highest BCUT2D eigenvalue weighted by molar-refractivity contribution is 5.99. The Morgan fingerprint density at radius 1 is 1.26 bits per heavy atom. The lowest BCUT2D eigenvalue weighted by molar-refractivity contribution is -0.142. The number of carbonyl (C=O) groups excluding carboxylic acids is 1. The molecule has 1 aromatic rings. The Kier molecular flexibility index (Phi) is 4.19. The van der Waals surface area contributed by atoms with E-state index in [0.717, 1.165) is 5.56 Å². The van der Waals surface area contributed by atoms with Crippen molar-refractivity contribution in [1.82, 2.24) is 5.32 Å². The topological polar surface area (TPSA) is 86.6 Å². The van der Waals surface area contributed by atoms with Gasteiger partial charge in [-0.2, -0.15) is 0 Å².